The van der Waals surface area contributed by atoms with Gasteiger partial charge in [-0.3, -0.25) is 9.59 Å². The Labute approximate surface area is 161 Å². The molecule has 1 saturated heterocycles. The summed E-state index contributed by atoms with van der Waals surface area (Å²) < 4.78 is 34.4. The third-order valence-electron chi connectivity index (χ3n) is 4.45. The lowest BCUT2D eigenvalue weighted by Crippen LogP contribution is -2.61. The maximum Gasteiger partial charge on any atom is 0.322 e. The highest BCUT2D eigenvalue weighted by Gasteiger charge is 2.74. The van der Waals surface area contributed by atoms with Crippen molar-refractivity contribution in [1.82, 2.24) is 0 Å². The second kappa shape index (κ2) is 7.20. The third-order valence-corrected chi connectivity index (χ3v) is 5.24. The van der Waals surface area contributed by atoms with Gasteiger partial charge in [0.05, 0.1) is 0 Å². The molecule has 3 rings (SSSR count). The highest BCUT2D eigenvalue weighted by molar-refractivity contribution is 9.09. The summed E-state index contributed by atoms with van der Waals surface area (Å²) >= 11 is 2.57. The van der Waals surface area contributed by atoms with Crippen LogP contribution in [0.25, 0.3) is 0 Å². The fourth-order valence-corrected chi connectivity index (χ4v) is 3.51. The van der Waals surface area contributed by atoms with Crippen LogP contribution in [0.5, 0.6) is 0 Å². The number of hydrogen-bond donors (Lipinski definition) is 2. The van der Waals surface area contributed by atoms with Crippen molar-refractivity contribution in [3.63, 3.8) is 0 Å². The molecule has 1 fully saturated rings. The minimum absolute atomic E-state index is 0.127. The highest BCUT2D eigenvalue weighted by Crippen LogP contribution is 2.49. The summed E-state index contributed by atoms with van der Waals surface area (Å²) in [5.74, 6) is -6.72. The Morgan fingerprint density at radius 1 is 1.04 bits per heavy atom. The quantitative estimate of drug-likeness (QED) is 0.551. The highest BCUT2D eigenvalue weighted by atomic mass is 79.9. The van der Waals surface area contributed by atoms with Gasteiger partial charge in [-0.2, -0.15) is 8.78 Å². The predicted molar refractivity (Wildman–Crippen MR) is 94.7 cm³/mol. The number of hydrogen-bond acceptors (Lipinski definition) is 5. The summed E-state index contributed by atoms with van der Waals surface area (Å²) in [6.07, 6.45) is -4.11. The molecule has 27 heavy (non-hydrogen) atoms. The first kappa shape index (κ1) is 19.8. The predicted octanol–water partition coefficient (Wildman–Crippen LogP) is 2.66. The molecular weight excluding hydrogens is 426 g/mol. The van der Waals surface area contributed by atoms with E-state index in [1.165, 1.54) is 36.4 Å². The number of benzene rings is 2. The van der Waals surface area contributed by atoms with E-state index in [4.69, 9.17) is 4.74 Å². The SMILES string of the molecule is O=C(C(O)c1ccccc1)[C@H]1O[C@@H](Br)C(F)(F)[C@@]1(O)C(=O)c1ccccc1. The zero-order chi connectivity index (χ0) is 19.8. The van der Waals surface area contributed by atoms with Gasteiger partial charge in [-0.05, 0) is 5.56 Å². The molecule has 0 aliphatic carbocycles. The number of carbonyl (C=O) groups is 2. The molecule has 0 bridgehead atoms. The Bertz CT molecular complexity index is 846. The molecule has 2 N–H and O–H groups in total. The van der Waals surface area contributed by atoms with Crippen molar-refractivity contribution in [2.24, 2.45) is 0 Å². The van der Waals surface area contributed by atoms with Gasteiger partial charge >= 0.3 is 5.92 Å². The molecule has 1 heterocycles. The minimum Gasteiger partial charge on any atom is -0.380 e. The molecular formula is C19H15BrF2O5. The van der Waals surface area contributed by atoms with E-state index in [0.717, 1.165) is 0 Å². The topological polar surface area (TPSA) is 83.8 Å². The maximum atomic E-state index is 14.7. The molecule has 0 spiro atoms. The summed E-state index contributed by atoms with van der Waals surface area (Å²) in [6, 6.07) is 14.5. The van der Waals surface area contributed by atoms with E-state index in [9.17, 15) is 28.6 Å². The molecule has 5 nitrogen and oxygen atoms in total. The average Bonchev–Trinajstić information content (AvgIpc) is 2.88. The van der Waals surface area contributed by atoms with Crippen molar-refractivity contribution in [3.8, 4) is 0 Å². The fraction of sp³-hybridized carbons (Fsp3) is 0.263. The first-order valence-corrected chi connectivity index (χ1v) is 8.89. The molecule has 4 atom stereocenters. The number of halogens is 3. The number of ether oxygens (including phenoxy) is 1. The molecule has 1 unspecified atom stereocenters. The fourth-order valence-electron chi connectivity index (χ4n) is 2.95. The number of aliphatic hydroxyl groups excluding tert-OH is 1. The van der Waals surface area contributed by atoms with Crippen molar-refractivity contribution >= 4 is 27.5 Å². The van der Waals surface area contributed by atoms with E-state index >= 15 is 0 Å². The first-order valence-electron chi connectivity index (χ1n) is 7.97. The number of carbonyl (C=O) groups excluding carboxylic acids is 2. The first-order chi connectivity index (χ1) is 12.7. The summed E-state index contributed by atoms with van der Waals surface area (Å²) in [5, 5.41) is 18.9. The lowest BCUT2D eigenvalue weighted by molar-refractivity contribution is -0.155. The van der Waals surface area contributed by atoms with E-state index in [0.29, 0.717) is 0 Å². The molecule has 2 aromatic carbocycles. The summed E-state index contributed by atoms with van der Waals surface area (Å²) in [7, 11) is 0. The Hall–Kier alpha value is -2.00. The van der Waals surface area contributed by atoms with Crippen molar-refractivity contribution in [3.05, 3.63) is 71.8 Å². The van der Waals surface area contributed by atoms with E-state index in [-0.39, 0.29) is 11.1 Å². The number of Topliss-reactive ketones (excluding diaryl/α,β-unsaturated/α-hetero) is 2. The van der Waals surface area contributed by atoms with Crippen LogP contribution in [-0.2, 0) is 9.53 Å². The van der Waals surface area contributed by atoms with Gasteiger partial charge in [0.25, 0.3) is 0 Å². The van der Waals surface area contributed by atoms with Crippen LogP contribution < -0.4 is 0 Å². The normalized spacial score (nSPS) is 27.9. The molecule has 8 heteroatoms. The van der Waals surface area contributed by atoms with Crippen molar-refractivity contribution < 1.29 is 33.3 Å². The van der Waals surface area contributed by atoms with Crippen LogP contribution >= 0.6 is 15.9 Å². The molecule has 0 amide bonds. The van der Waals surface area contributed by atoms with E-state index in [2.05, 4.69) is 15.9 Å². The van der Waals surface area contributed by atoms with Crippen LogP contribution in [0.1, 0.15) is 22.0 Å². The molecule has 142 valence electrons. The zero-order valence-electron chi connectivity index (χ0n) is 13.8. The van der Waals surface area contributed by atoms with Crippen LogP contribution in [0, 0.1) is 0 Å². The van der Waals surface area contributed by atoms with Gasteiger partial charge in [-0.15, -0.1) is 0 Å². The van der Waals surface area contributed by atoms with E-state index in [1.54, 1.807) is 24.3 Å². The smallest absolute Gasteiger partial charge is 0.322 e. The largest absolute Gasteiger partial charge is 0.380 e. The van der Waals surface area contributed by atoms with Gasteiger partial charge in [0.15, 0.2) is 16.9 Å². The number of alkyl halides is 3. The van der Waals surface area contributed by atoms with Gasteiger partial charge < -0.3 is 14.9 Å². The van der Waals surface area contributed by atoms with Crippen LogP contribution in [0.2, 0.25) is 0 Å². The van der Waals surface area contributed by atoms with Crippen molar-refractivity contribution in [2.45, 2.75) is 28.7 Å². The van der Waals surface area contributed by atoms with Gasteiger partial charge in [0.1, 0.15) is 6.10 Å². The number of rotatable bonds is 5. The lowest BCUT2D eigenvalue weighted by atomic mass is 9.81. The summed E-state index contributed by atoms with van der Waals surface area (Å²) in [6.45, 7) is 0. The van der Waals surface area contributed by atoms with E-state index < -0.39 is 40.3 Å². The molecule has 0 radical (unpaired) electrons. The van der Waals surface area contributed by atoms with Gasteiger partial charge in [0, 0.05) is 5.56 Å². The van der Waals surface area contributed by atoms with Crippen LogP contribution in [0.3, 0.4) is 0 Å². The Morgan fingerprint density at radius 3 is 2.11 bits per heavy atom. The second-order valence-corrected chi connectivity index (χ2v) is 6.96. The minimum atomic E-state index is -4.11. The van der Waals surface area contributed by atoms with E-state index in [1.807, 2.05) is 0 Å². The van der Waals surface area contributed by atoms with Crippen LogP contribution in [-0.4, -0.2) is 44.4 Å². The Morgan fingerprint density at radius 2 is 1.56 bits per heavy atom. The maximum absolute atomic E-state index is 14.7. The van der Waals surface area contributed by atoms with Gasteiger partial charge in [-0.25, -0.2) is 0 Å². The van der Waals surface area contributed by atoms with Gasteiger partial charge in [0.2, 0.25) is 11.4 Å². The summed E-state index contributed by atoms with van der Waals surface area (Å²) in [4.78, 5) is 25.4. The standard InChI is InChI=1S/C19H15BrF2O5/c20-17-19(21,22)18(26,15(25)12-9-5-2-6-10-12)16(27-17)14(24)13(23)11-7-3-1-4-8-11/h1-10,13,16-17,23,26H/t13?,16-,17-,18-/m1/s1. The van der Waals surface area contributed by atoms with Crippen LogP contribution in [0.4, 0.5) is 8.78 Å². The molecule has 2 aromatic rings. The molecule has 1 aliphatic rings. The third kappa shape index (κ3) is 3.12. The Balaban J connectivity index is 2.03. The number of ketones is 2. The monoisotopic (exact) mass is 440 g/mol. The van der Waals surface area contributed by atoms with Crippen molar-refractivity contribution in [2.75, 3.05) is 0 Å². The molecule has 0 saturated carbocycles. The lowest BCUT2D eigenvalue weighted by Gasteiger charge is -2.31. The van der Waals surface area contributed by atoms with Crippen molar-refractivity contribution in [1.29, 1.82) is 0 Å². The second-order valence-electron chi connectivity index (χ2n) is 6.13. The molecule has 0 aromatic heterocycles. The van der Waals surface area contributed by atoms with Gasteiger partial charge in [-0.1, -0.05) is 76.6 Å². The van der Waals surface area contributed by atoms with Crippen LogP contribution in [0.15, 0.2) is 60.7 Å². The Kier molecular flexibility index (Phi) is 5.27. The zero-order valence-corrected chi connectivity index (χ0v) is 15.3. The number of aliphatic hydroxyl groups is 2. The summed E-state index contributed by atoms with van der Waals surface area (Å²) in [5.41, 5.74) is -3.56. The average molecular weight is 441 g/mol. The molecule has 1 aliphatic heterocycles.